The Morgan fingerprint density at radius 3 is 2.44 bits per heavy atom. The lowest BCUT2D eigenvalue weighted by atomic mass is 9.93. The average Bonchev–Trinajstić information content (AvgIpc) is 2.79. The third-order valence-corrected chi connectivity index (χ3v) is 2.92. The van der Waals surface area contributed by atoms with E-state index in [0.29, 0.717) is 10.9 Å². The fraction of sp³-hybridized carbons (Fsp3) is 0.250. The number of rotatable bonds is 3. The van der Waals surface area contributed by atoms with Gasteiger partial charge in [-0.15, -0.1) is 10.2 Å². The summed E-state index contributed by atoms with van der Waals surface area (Å²) in [4.78, 5) is 11.3. The Bertz CT molecular complexity index is 575. The van der Waals surface area contributed by atoms with E-state index < -0.39 is 11.3 Å². The van der Waals surface area contributed by atoms with E-state index in [-0.39, 0.29) is 5.89 Å². The number of hydrogen-bond donors (Lipinski definition) is 1. The molecule has 0 saturated carbocycles. The van der Waals surface area contributed by atoms with E-state index >= 15 is 0 Å². The Balaban J connectivity index is 2.37. The second kappa shape index (κ2) is 4.42. The van der Waals surface area contributed by atoms with Gasteiger partial charge in [-0.25, -0.2) is 0 Å². The van der Waals surface area contributed by atoms with Gasteiger partial charge in [0.2, 0.25) is 17.7 Å². The quantitative estimate of drug-likeness (QED) is 0.922. The Kier molecular flexibility index (Phi) is 3.09. The molecule has 0 aliphatic rings. The van der Waals surface area contributed by atoms with Crippen LogP contribution < -0.4 is 5.73 Å². The second-order valence-electron chi connectivity index (χ2n) is 4.41. The maximum Gasteiger partial charge on any atom is 0.247 e. The summed E-state index contributed by atoms with van der Waals surface area (Å²) in [6.45, 7) is 3.27. The van der Waals surface area contributed by atoms with Crippen LogP contribution in [0, 0.1) is 0 Å². The number of nitrogens with two attached hydrogens (primary N) is 1. The van der Waals surface area contributed by atoms with Crippen molar-refractivity contribution in [3.8, 4) is 11.5 Å². The molecule has 18 heavy (non-hydrogen) atoms. The maximum absolute atomic E-state index is 11.3. The third-order valence-electron chi connectivity index (χ3n) is 2.67. The van der Waals surface area contributed by atoms with Gasteiger partial charge in [0.1, 0.15) is 5.41 Å². The molecule has 0 spiro atoms. The predicted molar refractivity (Wildman–Crippen MR) is 67.0 cm³/mol. The van der Waals surface area contributed by atoms with Crippen molar-refractivity contribution < 1.29 is 9.21 Å². The summed E-state index contributed by atoms with van der Waals surface area (Å²) in [5, 5.41) is 8.38. The second-order valence-corrected chi connectivity index (χ2v) is 4.84. The Labute approximate surface area is 109 Å². The number of nitrogens with zero attached hydrogens (tertiary/aromatic N) is 2. The standard InChI is InChI=1S/C12H12ClN3O2/c1-12(2,10(14)17)11-16-15-9(18-11)7-3-5-8(13)6-4-7/h3-6H,1-2H3,(H2,14,17). The van der Waals surface area contributed by atoms with Crippen molar-refractivity contribution in [1.82, 2.24) is 10.2 Å². The SMILES string of the molecule is CC(C)(C(N)=O)c1nnc(-c2ccc(Cl)cc2)o1. The Morgan fingerprint density at radius 1 is 1.28 bits per heavy atom. The minimum absolute atomic E-state index is 0.194. The number of primary amides is 1. The van der Waals surface area contributed by atoms with Gasteiger partial charge in [-0.1, -0.05) is 11.6 Å². The molecule has 0 aliphatic heterocycles. The molecule has 0 bridgehead atoms. The van der Waals surface area contributed by atoms with Crippen LogP contribution in [0.25, 0.3) is 11.5 Å². The zero-order chi connectivity index (χ0) is 13.3. The summed E-state index contributed by atoms with van der Waals surface area (Å²) in [5.41, 5.74) is 5.03. The van der Waals surface area contributed by atoms with E-state index in [0.717, 1.165) is 5.56 Å². The highest BCUT2D eigenvalue weighted by Crippen LogP contribution is 2.26. The van der Waals surface area contributed by atoms with Crippen LogP contribution in [-0.4, -0.2) is 16.1 Å². The normalized spacial score (nSPS) is 11.5. The molecule has 2 rings (SSSR count). The molecule has 1 amide bonds. The van der Waals surface area contributed by atoms with Crippen LogP contribution in [0.5, 0.6) is 0 Å². The van der Waals surface area contributed by atoms with Gasteiger partial charge >= 0.3 is 0 Å². The van der Waals surface area contributed by atoms with E-state index in [4.69, 9.17) is 21.8 Å². The number of halogens is 1. The molecule has 2 aromatic rings. The molecule has 1 aromatic carbocycles. The van der Waals surface area contributed by atoms with Crippen molar-refractivity contribution >= 4 is 17.5 Å². The summed E-state index contributed by atoms with van der Waals surface area (Å²) >= 11 is 5.79. The number of aromatic nitrogens is 2. The number of carbonyl (C=O) groups excluding carboxylic acids is 1. The maximum atomic E-state index is 11.3. The van der Waals surface area contributed by atoms with Crippen molar-refractivity contribution in [1.29, 1.82) is 0 Å². The summed E-state index contributed by atoms with van der Waals surface area (Å²) in [6, 6.07) is 6.97. The van der Waals surface area contributed by atoms with Crippen LogP contribution in [-0.2, 0) is 10.2 Å². The highest BCUT2D eigenvalue weighted by atomic mass is 35.5. The lowest BCUT2D eigenvalue weighted by Gasteiger charge is -2.14. The van der Waals surface area contributed by atoms with Gasteiger partial charge in [0, 0.05) is 10.6 Å². The molecule has 2 N–H and O–H groups in total. The molecule has 94 valence electrons. The average molecular weight is 266 g/mol. The zero-order valence-electron chi connectivity index (χ0n) is 9.98. The minimum atomic E-state index is -0.988. The predicted octanol–water partition coefficient (Wildman–Crippen LogP) is 2.15. The largest absolute Gasteiger partial charge is 0.420 e. The van der Waals surface area contributed by atoms with Crippen molar-refractivity contribution in [2.24, 2.45) is 5.73 Å². The van der Waals surface area contributed by atoms with E-state index in [1.54, 1.807) is 38.1 Å². The molecule has 0 atom stereocenters. The van der Waals surface area contributed by atoms with Crippen molar-refractivity contribution in [2.75, 3.05) is 0 Å². The molecule has 1 heterocycles. The van der Waals surface area contributed by atoms with Gasteiger partial charge in [0.15, 0.2) is 0 Å². The number of benzene rings is 1. The monoisotopic (exact) mass is 265 g/mol. The molecule has 1 aromatic heterocycles. The Morgan fingerprint density at radius 2 is 1.89 bits per heavy atom. The highest BCUT2D eigenvalue weighted by molar-refractivity contribution is 6.30. The third kappa shape index (κ3) is 2.22. The molecule has 5 nitrogen and oxygen atoms in total. The summed E-state index contributed by atoms with van der Waals surface area (Å²) in [5.74, 6) is 0.00440. The lowest BCUT2D eigenvalue weighted by Crippen LogP contribution is -2.35. The first-order valence-corrected chi connectivity index (χ1v) is 5.69. The molecule has 0 radical (unpaired) electrons. The van der Waals surface area contributed by atoms with E-state index in [1.807, 2.05) is 0 Å². The zero-order valence-corrected chi connectivity index (χ0v) is 10.7. The number of hydrogen-bond acceptors (Lipinski definition) is 4. The van der Waals surface area contributed by atoms with Gasteiger partial charge in [-0.05, 0) is 38.1 Å². The number of carbonyl (C=O) groups is 1. The molecule has 0 fully saturated rings. The van der Waals surface area contributed by atoms with Crippen LogP contribution in [0.3, 0.4) is 0 Å². The first-order chi connectivity index (χ1) is 8.41. The van der Waals surface area contributed by atoms with E-state index in [2.05, 4.69) is 10.2 Å². The molecule has 6 heteroatoms. The molecule has 0 unspecified atom stereocenters. The fourth-order valence-electron chi connectivity index (χ4n) is 1.29. The van der Waals surface area contributed by atoms with E-state index in [1.165, 1.54) is 0 Å². The van der Waals surface area contributed by atoms with Crippen LogP contribution in [0.2, 0.25) is 5.02 Å². The van der Waals surface area contributed by atoms with Gasteiger partial charge in [-0.2, -0.15) is 0 Å². The van der Waals surface area contributed by atoms with Gasteiger partial charge in [0.25, 0.3) is 0 Å². The molecular weight excluding hydrogens is 254 g/mol. The number of amides is 1. The molecular formula is C12H12ClN3O2. The first-order valence-electron chi connectivity index (χ1n) is 5.31. The molecule has 0 saturated heterocycles. The van der Waals surface area contributed by atoms with Gasteiger partial charge < -0.3 is 10.2 Å². The highest BCUT2D eigenvalue weighted by Gasteiger charge is 2.33. The fourth-order valence-corrected chi connectivity index (χ4v) is 1.42. The van der Waals surface area contributed by atoms with Gasteiger partial charge in [0.05, 0.1) is 0 Å². The topological polar surface area (TPSA) is 82.0 Å². The molecule has 0 aliphatic carbocycles. The van der Waals surface area contributed by atoms with Crippen molar-refractivity contribution in [3.05, 3.63) is 35.2 Å². The van der Waals surface area contributed by atoms with Crippen molar-refractivity contribution in [2.45, 2.75) is 19.3 Å². The van der Waals surface area contributed by atoms with Crippen LogP contribution in [0.4, 0.5) is 0 Å². The lowest BCUT2D eigenvalue weighted by molar-refractivity contribution is -0.123. The summed E-state index contributed by atoms with van der Waals surface area (Å²) in [7, 11) is 0. The summed E-state index contributed by atoms with van der Waals surface area (Å²) in [6.07, 6.45) is 0. The Hall–Kier alpha value is -1.88. The summed E-state index contributed by atoms with van der Waals surface area (Å²) < 4.78 is 5.47. The smallest absolute Gasteiger partial charge is 0.247 e. The van der Waals surface area contributed by atoms with Crippen molar-refractivity contribution in [3.63, 3.8) is 0 Å². The van der Waals surface area contributed by atoms with E-state index in [9.17, 15) is 4.79 Å². The van der Waals surface area contributed by atoms with Crippen LogP contribution in [0.15, 0.2) is 28.7 Å². The van der Waals surface area contributed by atoms with Crippen LogP contribution in [0.1, 0.15) is 19.7 Å². The first kappa shape index (κ1) is 12.6. The minimum Gasteiger partial charge on any atom is -0.420 e. The van der Waals surface area contributed by atoms with Crippen LogP contribution >= 0.6 is 11.6 Å². The van der Waals surface area contributed by atoms with Gasteiger partial charge in [-0.3, -0.25) is 4.79 Å².